The molecular formula is C19H12F3N5O2S2. The molecule has 0 aliphatic rings. The Bertz CT molecular complexity index is 1220. The van der Waals surface area contributed by atoms with E-state index in [0.717, 1.165) is 12.1 Å². The Morgan fingerprint density at radius 3 is 2.61 bits per heavy atom. The molecule has 0 atom stereocenters. The molecule has 0 radical (unpaired) electrons. The lowest BCUT2D eigenvalue weighted by atomic mass is 10.2. The summed E-state index contributed by atoms with van der Waals surface area (Å²) in [7, 11) is 0. The highest BCUT2D eigenvalue weighted by atomic mass is 32.2. The number of benzene rings is 1. The van der Waals surface area contributed by atoms with Crippen molar-refractivity contribution in [1.29, 1.82) is 0 Å². The first-order chi connectivity index (χ1) is 14.8. The number of thioether (sulfide) groups is 1. The van der Waals surface area contributed by atoms with Crippen LogP contribution >= 0.6 is 23.1 Å². The molecule has 0 aliphatic heterocycles. The molecule has 0 spiro atoms. The van der Waals surface area contributed by atoms with Gasteiger partial charge in [0, 0.05) is 23.3 Å². The average molecular weight is 463 g/mol. The van der Waals surface area contributed by atoms with Gasteiger partial charge in [-0.2, -0.15) is 13.2 Å². The molecule has 158 valence electrons. The van der Waals surface area contributed by atoms with Crippen LogP contribution < -0.4 is 0 Å². The van der Waals surface area contributed by atoms with Crippen LogP contribution in [0.2, 0.25) is 0 Å². The lowest BCUT2D eigenvalue weighted by Crippen LogP contribution is -2.07. The van der Waals surface area contributed by atoms with Gasteiger partial charge in [0.25, 0.3) is 0 Å². The van der Waals surface area contributed by atoms with Gasteiger partial charge in [-0.1, -0.05) is 17.8 Å². The maximum Gasteiger partial charge on any atom is 0.416 e. The number of halogens is 3. The lowest BCUT2D eigenvalue weighted by molar-refractivity contribution is -0.137. The number of carboxylic acids is 1. The van der Waals surface area contributed by atoms with E-state index in [0.29, 0.717) is 21.6 Å². The molecule has 12 heteroatoms. The Kier molecular flexibility index (Phi) is 5.74. The molecule has 31 heavy (non-hydrogen) atoms. The fourth-order valence-electron chi connectivity index (χ4n) is 2.71. The minimum Gasteiger partial charge on any atom is -0.476 e. The second kappa shape index (κ2) is 8.47. The SMILES string of the molecule is O=C(O)c1csc(CSc2nnc(-c3ccncc3)n2-c2cccc(C(F)(F)F)c2)n1. The van der Waals surface area contributed by atoms with Crippen LogP contribution in [-0.2, 0) is 11.9 Å². The minimum absolute atomic E-state index is 0.0579. The van der Waals surface area contributed by atoms with Crippen LogP contribution in [0.3, 0.4) is 0 Å². The van der Waals surface area contributed by atoms with E-state index in [2.05, 4.69) is 20.2 Å². The molecule has 0 fully saturated rings. The summed E-state index contributed by atoms with van der Waals surface area (Å²) >= 11 is 2.38. The Balaban J connectivity index is 1.74. The lowest BCUT2D eigenvalue weighted by Gasteiger charge is -2.13. The van der Waals surface area contributed by atoms with Crippen molar-refractivity contribution in [2.45, 2.75) is 17.1 Å². The number of nitrogens with zero attached hydrogens (tertiary/aromatic N) is 5. The zero-order valence-corrected chi connectivity index (χ0v) is 17.1. The monoisotopic (exact) mass is 463 g/mol. The van der Waals surface area contributed by atoms with Crippen molar-refractivity contribution >= 4 is 29.1 Å². The second-order valence-corrected chi connectivity index (χ2v) is 8.03. The number of alkyl halides is 3. The third-order valence-electron chi connectivity index (χ3n) is 4.10. The summed E-state index contributed by atoms with van der Waals surface area (Å²) in [6.45, 7) is 0. The van der Waals surface area contributed by atoms with Gasteiger partial charge in [0.05, 0.1) is 17.0 Å². The van der Waals surface area contributed by atoms with Gasteiger partial charge in [-0.3, -0.25) is 9.55 Å². The van der Waals surface area contributed by atoms with E-state index in [1.54, 1.807) is 30.6 Å². The average Bonchev–Trinajstić information content (AvgIpc) is 3.39. The highest BCUT2D eigenvalue weighted by Crippen LogP contribution is 2.34. The van der Waals surface area contributed by atoms with Gasteiger partial charge in [0.15, 0.2) is 16.7 Å². The summed E-state index contributed by atoms with van der Waals surface area (Å²) in [5, 5.41) is 19.7. The number of aromatic carboxylic acids is 1. The predicted molar refractivity (Wildman–Crippen MR) is 108 cm³/mol. The fourth-order valence-corrected chi connectivity index (χ4v) is 4.45. The third-order valence-corrected chi connectivity index (χ3v) is 6.07. The number of carbonyl (C=O) groups is 1. The predicted octanol–water partition coefficient (Wildman–Crippen LogP) is 4.80. The summed E-state index contributed by atoms with van der Waals surface area (Å²) < 4.78 is 41.3. The molecule has 0 bridgehead atoms. The Morgan fingerprint density at radius 1 is 1.16 bits per heavy atom. The highest BCUT2D eigenvalue weighted by molar-refractivity contribution is 7.98. The van der Waals surface area contributed by atoms with Crippen LogP contribution in [0.15, 0.2) is 59.3 Å². The van der Waals surface area contributed by atoms with Crippen LogP contribution in [0.25, 0.3) is 17.1 Å². The first-order valence-electron chi connectivity index (χ1n) is 8.67. The molecule has 3 heterocycles. The normalized spacial score (nSPS) is 11.6. The van der Waals surface area contributed by atoms with Gasteiger partial charge in [-0.15, -0.1) is 21.5 Å². The van der Waals surface area contributed by atoms with Crippen LogP contribution in [0, 0.1) is 0 Å². The topological polar surface area (TPSA) is 93.8 Å². The van der Waals surface area contributed by atoms with Crippen LogP contribution in [0.1, 0.15) is 21.1 Å². The molecule has 4 aromatic rings. The molecule has 0 amide bonds. The van der Waals surface area contributed by atoms with Gasteiger partial charge in [-0.05, 0) is 30.3 Å². The third kappa shape index (κ3) is 4.59. The van der Waals surface area contributed by atoms with Gasteiger partial charge < -0.3 is 5.11 Å². The number of hydrogen-bond acceptors (Lipinski definition) is 7. The number of rotatable bonds is 6. The molecule has 1 N–H and O–H groups in total. The van der Waals surface area contributed by atoms with E-state index in [1.807, 2.05) is 0 Å². The summed E-state index contributed by atoms with van der Waals surface area (Å²) in [6.07, 6.45) is -1.39. The van der Waals surface area contributed by atoms with E-state index in [9.17, 15) is 18.0 Å². The van der Waals surface area contributed by atoms with Gasteiger partial charge in [0.1, 0.15) is 5.01 Å². The first kappa shape index (κ1) is 21.0. The molecule has 1 aromatic carbocycles. The Morgan fingerprint density at radius 2 is 1.94 bits per heavy atom. The summed E-state index contributed by atoms with van der Waals surface area (Å²) in [6, 6.07) is 8.26. The largest absolute Gasteiger partial charge is 0.476 e. The minimum atomic E-state index is -4.50. The molecule has 4 rings (SSSR count). The highest BCUT2D eigenvalue weighted by Gasteiger charge is 2.31. The number of thiazole rings is 1. The fraction of sp³-hybridized carbons (Fsp3) is 0.105. The molecular weight excluding hydrogens is 451 g/mol. The molecule has 0 saturated heterocycles. The number of pyridine rings is 1. The van der Waals surface area contributed by atoms with Crippen molar-refractivity contribution in [3.63, 3.8) is 0 Å². The van der Waals surface area contributed by atoms with Crippen molar-refractivity contribution in [3.05, 3.63) is 70.4 Å². The van der Waals surface area contributed by atoms with Crippen molar-refractivity contribution in [3.8, 4) is 17.1 Å². The van der Waals surface area contributed by atoms with E-state index in [-0.39, 0.29) is 17.1 Å². The summed E-state index contributed by atoms with van der Waals surface area (Å²) in [5.41, 5.74) is 0.0347. The number of carboxylic acid groups (broad SMARTS) is 1. The van der Waals surface area contributed by atoms with Crippen molar-refractivity contribution in [1.82, 2.24) is 24.7 Å². The van der Waals surface area contributed by atoms with E-state index >= 15 is 0 Å². The zero-order chi connectivity index (χ0) is 22.0. The van der Waals surface area contributed by atoms with E-state index in [4.69, 9.17) is 5.11 Å². The van der Waals surface area contributed by atoms with E-state index in [1.165, 1.54) is 39.1 Å². The smallest absolute Gasteiger partial charge is 0.416 e. The van der Waals surface area contributed by atoms with Crippen LogP contribution in [0.4, 0.5) is 13.2 Å². The number of hydrogen-bond donors (Lipinski definition) is 1. The summed E-state index contributed by atoms with van der Waals surface area (Å²) in [4.78, 5) is 19.0. The van der Waals surface area contributed by atoms with Crippen molar-refractivity contribution < 1.29 is 23.1 Å². The molecule has 3 aromatic heterocycles. The summed E-state index contributed by atoms with van der Waals surface area (Å²) in [5.74, 6) is -0.486. The first-order valence-corrected chi connectivity index (χ1v) is 10.5. The maximum atomic E-state index is 13.3. The molecule has 0 aliphatic carbocycles. The van der Waals surface area contributed by atoms with Crippen LogP contribution in [0.5, 0.6) is 0 Å². The molecule has 0 unspecified atom stereocenters. The Labute approximate surface area is 181 Å². The van der Waals surface area contributed by atoms with Gasteiger partial charge in [0.2, 0.25) is 0 Å². The Hall–Kier alpha value is -3.25. The van der Waals surface area contributed by atoms with Gasteiger partial charge >= 0.3 is 12.1 Å². The quantitative estimate of drug-likeness (QED) is 0.411. The van der Waals surface area contributed by atoms with E-state index < -0.39 is 17.7 Å². The van der Waals surface area contributed by atoms with Crippen molar-refractivity contribution in [2.75, 3.05) is 0 Å². The van der Waals surface area contributed by atoms with Crippen molar-refractivity contribution in [2.24, 2.45) is 0 Å². The van der Waals surface area contributed by atoms with Gasteiger partial charge in [-0.25, -0.2) is 9.78 Å². The maximum absolute atomic E-state index is 13.3. The molecule has 7 nitrogen and oxygen atoms in total. The number of aromatic nitrogens is 5. The zero-order valence-electron chi connectivity index (χ0n) is 15.4. The van der Waals surface area contributed by atoms with Crippen LogP contribution in [-0.4, -0.2) is 35.8 Å². The standard InChI is InChI=1S/C19H12F3N5O2S2/c20-19(21,22)12-2-1-3-13(8-12)27-16(11-4-6-23-7-5-11)25-26-18(27)31-10-15-24-14(9-30-15)17(28)29/h1-9H,10H2,(H,28,29). The second-order valence-electron chi connectivity index (χ2n) is 6.15. The molecule has 0 saturated carbocycles.